The minimum absolute atomic E-state index is 0.0170. The van der Waals surface area contributed by atoms with Crippen LogP contribution in [0.4, 0.5) is 0 Å². The molecule has 3 aliphatic rings. The second kappa shape index (κ2) is 18.6. The lowest BCUT2D eigenvalue weighted by molar-refractivity contribution is -0.456. The van der Waals surface area contributed by atoms with Crippen LogP contribution in [0.1, 0.15) is 54.3 Å². The fourth-order valence-electron chi connectivity index (χ4n) is 7.98. The molecule has 308 valence electrons. The monoisotopic (exact) mass is 794 g/mol. The van der Waals surface area contributed by atoms with Crippen molar-refractivity contribution in [3.8, 4) is 23.0 Å². The van der Waals surface area contributed by atoms with Crippen molar-refractivity contribution >= 4 is 34.8 Å². The standard InChI is InChI=1S/C33H40N2O9.C8H10O5/c1-38-19-7-8-20-21-9-10-35-16-18-13-27(44-32(36)17-11-25(39-2)30(41-4)26(12-17)40-3)31(42-5)28(33(37)43-6)22(18)15-24(35)29(21)34-23(20)14-19;1-5(2)7(9)11-13-12-8(10)6(3)4/h7-8,11-12,14,18,22,24,27-28,31,34H,9-10,13,15-16H2,1-6H3;1,3H2,2,4H3/t18-,22+,24-,27-,28+,31+;/m1./s1. The third-order valence-electron chi connectivity index (χ3n) is 10.7. The highest BCUT2D eigenvalue weighted by Crippen LogP contribution is 2.51. The number of nitrogens with zero attached hydrogens (tertiary/aromatic N) is 1. The molecule has 0 unspecified atom stereocenters. The molecule has 1 aromatic heterocycles. The molecule has 1 saturated carbocycles. The number of benzene rings is 2. The lowest BCUT2D eigenvalue weighted by Gasteiger charge is -2.52. The van der Waals surface area contributed by atoms with Crippen LogP contribution in [0.3, 0.4) is 0 Å². The van der Waals surface area contributed by atoms with E-state index in [-0.39, 0.29) is 40.6 Å². The minimum atomic E-state index is -0.811. The first-order chi connectivity index (χ1) is 27.3. The van der Waals surface area contributed by atoms with E-state index in [1.165, 1.54) is 58.9 Å². The quantitative estimate of drug-likeness (QED) is 0.109. The van der Waals surface area contributed by atoms with Gasteiger partial charge >= 0.3 is 23.9 Å². The van der Waals surface area contributed by atoms with Crippen molar-refractivity contribution < 1.29 is 67.1 Å². The maximum absolute atomic E-state index is 13.5. The van der Waals surface area contributed by atoms with Crippen molar-refractivity contribution in [2.45, 2.75) is 51.4 Å². The van der Waals surface area contributed by atoms with Crippen molar-refractivity contribution in [2.24, 2.45) is 17.8 Å². The zero-order valence-corrected chi connectivity index (χ0v) is 33.5. The third-order valence-corrected chi connectivity index (χ3v) is 10.7. The summed E-state index contributed by atoms with van der Waals surface area (Å²) in [5.74, 6) is -1.18. The molecule has 0 spiro atoms. The van der Waals surface area contributed by atoms with Crippen LogP contribution in [0.15, 0.2) is 54.6 Å². The molecular formula is C41H50N2O14. The summed E-state index contributed by atoms with van der Waals surface area (Å²) in [6, 6.07) is 9.40. The van der Waals surface area contributed by atoms with Gasteiger partial charge in [0, 0.05) is 59.0 Å². The van der Waals surface area contributed by atoms with Gasteiger partial charge in [-0.05, 0) is 74.8 Å². The molecular weight excluding hydrogens is 744 g/mol. The summed E-state index contributed by atoms with van der Waals surface area (Å²) in [5.41, 5.74) is 4.09. The number of nitrogens with one attached hydrogen (secondary N) is 1. The van der Waals surface area contributed by atoms with Gasteiger partial charge in [-0.15, -0.1) is 0 Å². The number of piperidine rings is 1. The topological polar surface area (TPSA) is 180 Å². The Morgan fingerprint density at radius 2 is 1.47 bits per heavy atom. The van der Waals surface area contributed by atoms with Crippen LogP contribution in [0, 0.1) is 17.8 Å². The zero-order valence-electron chi connectivity index (χ0n) is 33.5. The third kappa shape index (κ3) is 9.03. The van der Waals surface area contributed by atoms with Crippen molar-refractivity contribution in [1.29, 1.82) is 0 Å². The van der Waals surface area contributed by atoms with Gasteiger partial charge in [-0.1, -0.05) is 13.2 Å². The predicted molar refractivity (Wildman–Crippen MR) is 204 cm³/mol. The first-order valence-corrected chi connectivity index (χ1v) is 18.2. The smallest absolute Gasteiger partial charge is 0.372 e. The van der Waals surface area contributed by atoms with E-state index in [9.17, 15) is 19.2 Å². The molecule has 1 N–H and O–H groups in total. The molecule has 0 bridgehead atoms. The average Bonchev–Trinajstić information content (AvgIpc) is 3.59. The van der Waals surface area contributed by atoms with E-state index in [1.807, 2.05) is 12.1 Å². The van der Waals surface area contributed by atoms with Gasteiger partial charge in [-0.3, -0.25) is 19.5 Å². The van der Waals surface area contributed by atoms with E-state index in [1.54, 1.807) is 26.4 Å². The van der Waals surface area contributed by atoms with Gasteiger partial charge in [0.15, 0.2) is 11.5 Å². The second-order valence-electron chi connectivity index (χ2n) is 14.1. The molecule has 6 rings (SSSR count). The Labute approximate surface area is 330 Å². The van der Waals surface area contributed by atoms with Crippen molar-refractivity contribution in [1.82, 2.24) is 9.88 Å². The number of carbonyl (C=O) groups is 4. The maximum atomic E-state index is 13.5. The van der Waals surface area contributed by atoms with Gasteiger partial charge in [-0.25, -0.2) is 14.4 Å². The largest absolute Gasteiger partial charge is 0.497 e. The lowest BCUT2D eigenvalue weighted by Crippen LogP contribution is -2.58. The van der Waals surface area contributed by atoms with Gasteiger partial charge in [0.1, 0.15) is 18.0 Å². The van der Waals surface area contributed by atoms with Crippen LogP contribution >= 0.6 is 0 Å². The Bertz CT molecular complexity index is 1950. The maximum Gasteiger partial charge on any atom is 0.372 e. The van der Waals surface area contributed by atoms with Gasteiger partial charge in [0.2, 0.25) is 5.75 Å². The first kappa shape index (κ1) is 42.6. The fourth-order valence-corrected chi connectivity index (χ4v) is 7.98. The van der Waals surface area contributed by atoms with E-state index in [0.717, 1.165) is 37.2 Å². The van der Waals surface area contributed by atoms with E-state index >= 15 is 0 Å². The van der Waals surface area contributed by atoms with Crippen LogP contribution in [-0.2, 0) is 49.8 Å². The van der Waals surface area contributed by atoms with Gasteiger partial charge in [0.25, 0.3) is 0 Å². The van der Waals surface area contributed by atoms with Gasteiger partial charge in [-0.2, -0.15) is 0 Å². The Hall–Kier alpha value is -5.58. The molecule has 16 nitrogen and oxygen atoms in total. The average molecular weight is 795 g/mol. The summed E-state index contributed by atoms with van der Waals surface area (Å²) in [6.07, 6.45) is 0.920. The zero-order chi connectivity index (χ0) is 41.6. The fraction of sp³-hybridized carbons (Fsp3) is 0.463. The predicted octanol–water partition coefficient (Wildman–Crippen LogP) is 5.24. The highest BCUT2D eigenvalue weighted by Gasteiger charge is 2.54. The Balaban J connectivity index is 0.000000411. The summed E-state index contributed by atoms with van der Waals surface area (Å²) in [7, 11) is 9.10. The molecule has 2 aliphatic heterocycles. The highest BCUT2D eigenvalue weighted by atomic mass is 17.5. The van der Waals surface area contributed by atoms with Crippen molar-refractivity contribution in [3.05, 3.63) is 71.5 Å². The number of carbonyl (C=O) groups excluding carboxylic acids is 4. The summed E-state index contributed by atoms with van der Waals surface area (Å²) in [4.78, 5) is 62.4. The number of rotatable bonds is 12. The molecule has 16 heteroatoms. The van der Waals surface area contributed by atoms with Crippen LogP contribution in [0.2, 0.25) is 0 Å². The van der Waals surface area contributed by atoms with E-state index < -0.39 is 36.0 Å². The van der Waals surface area contributed by atoms with Crippen LogP contribution in [0.5, 0.6) is 23.0 Å². The normalized spacial score (nSPS) is 22.2. The van der Waals surface area contributed by atoms with Crippen molar-refractivity contribution in [3.63, 3.8) is 0 Å². The number of esters is 2. The Morgan fingerprint density at radius 3 is 2.02 bits per heavy atom. The number of methoxy groups -OCH3 is 6. The van der Waals surface area contributed by atoms with Gasteiger partial charge < -0.3 is 38.1 Å². The van der Waals surface area contributed by atoms with Crippen LogP contribution in [-0.4, -0.2) is 102 Å². The molecule has 2 aromatic carbocycles. The van der Waals surface area contributed by atoms with E-state index in [4.69, 9.17) is 33.2 Å². The second-order valence-corrected chi connectivity index (χ2v) is 14.1. The Morgan fingerprint density at radius 1 is 0.825 bits per heavy atom. The highest BCUT2D eigenvalue weighted by molar-refractivity contribution is 5.91. The molecule has 3 heterocycles. The number of ether oxygens (including phenoxy) is 7. The molecule has 0 radical (unpaired) electrons. The molecule has 1 aliphatic carbocycles. The summed E-state index contributed by atoms with van der Waals surface area (Å²) in [5, 5.41) is 5.07. The van der Waals surface area contributed by atoms with E-state index in [2.05, 4.69) is 43.9 Å². The summed E-state index contributed by atoms with van der Waals surface area (Å²) in [6.45, 7) is 11.1. The van der Waals surface area contributed by atoms with Crippen LogP contribution < -0.4 is 18.9 Å². The number of hydrogen-bond donors (Lipinski definition) is 1. The van der Waals surface area contributed by atoms with E-state index in [0.29, 0.717) is 23.7 Å². The number of aromatic nitrogens is 1. The minimum Gasteiger partial charge on any atom is -0.497 e. The van der Waals surface area contributed by atoms with Crippen molar-refractivity contribution in [2.75, 3.05) is 55.7 Å². The molecule has 2 fully saturated rings. The molecule has 0 amide bonds. The molecule has 57 heavy (non-hydrogen) atoms. The number of H-pyrrole nitrogens is 1. The molecule has 1 saturated heterocycles. The first-order valence-electron chi connectivity index (χ1n) is 18.2. The molecule has 3 aromatic rings. The number of aromatic amines is 1. The van der Waals surface area contributed by atoms with Gasteiger partial charge in [0.05, 0.1) is 53.1 Å². The number of hydrogen-bond acceptors (Lipinski definition) is 15. The lowest BCUT2D eigenvalue weighted by atomic mass is 9.63. The summed E-state index contributed by atoms with van der Waals surface area (Å²) < 4.78 is 39.1. The SMILES string of the molecule is C=C(C)C(=O)OOOC(=O)C(=C)C.COC(=O)[C@H]1[C@H]2C[C@@H]3c4[nH]c5cc(OC)ccc5c4CCN3C[C@H]2C[C@@H](OC(=O)c2cc(OC)c(OC)c(OC)c2)[C@@H]1OC. The van der Waals surface area contributed by atoms with Crippen LogP contribution in [0.25, 0.3) is 10.9 Å². The number of fused-ring (bicyclic) bond motifs is 6. The molecule has 6 atom stereocenters. The Kier molecular flexibility index (Phi) is 13.9. The summed E-state index contributed by atoms with van der Waals surface area (Å²) >= 11 is 0.